The van der Waals surface area contributed by atoms with E-state index in [0.717, 1.165) is 21.3 Å². The van der Waals surface area contributed by atoms with E-state index in [9.17, 15) is 5.26 Å². The van der Waals surface area contributed by atoms with Crippen molar-refractivity contribution >= 4 is 33.2 Å². The number of fused-ring (bicyclic) bond motifs is 1. The molecule has 4 nitrogen and oxygen atoms in total. The van der Waals surface area contributed by atoms with Crippen LogP contribution < -0.4 is 9.47 Å². The number of nitriles is 1. The minimum absolute atomic E-state index is 0.459. The normalized spacial score (nSPS) is 11.3. The number of aromatic nitrogens is 1. The van der Waals surface area contributed by atoms with E-state index in [1.165, 1.54) is 16.9 Å². The van der Waals surface area contributed by atoms with E-state index in [4.69, 9.17) is 9.47 Å². The molecule has 0 aliphatic carbocycles. The van der Waals surface area contributed by atoms with E-state index in [1.54, 1.807) is 7.11 Å². The second-order valence-electron chi connectivity index (χ2n) is 6.84. The summed E-state index contributed by atoms with van der Waals surface area (Å²) in [6, 6.07) is 24.0. The SMILES string of the molecule is COc1cc(/C=C(/C#N)c2nc3ccccc3s2)ccc1OCc1ccc(C)cc1. The molecule has 0 bridgehead atoms. The van der Waals surface area contributed by atoms with Gasteiger partial charge in [0, 0.05) is 0 Å². The van der Waals surface area contributed by atoms with Gasteiger partial charge in [-0.15, -0.1) is 11.3 Å². The molecule has 1 aromatic heterocycles. The predicted molar refractivity (Wildman–Crippen MR) is 122 cm³/mol. The van der Waals surface area contributed by atoms with Crippen molar-refractivity contribution in [3.05, 3.63) is 88.4 Å². The summed E-state index contributed by atoms with van der Waals surface area (Å²) < 4.78 is 12.5. The molecule has 0 fully saturated rings. The second kappa shape index (κ2) is 8.81. The van der Waals surface area contributed by atoms with Gasteiger partial charge in [-0.2, -0.15) is 5.26 Å². The van der Waals surface area contributed by atoms with Gasteiger partial charge in [0.2, 0.25) is 0 Å². The number of rotatable bonds is 6. The first kappa shape index (κ1) is 19.7. The standard InChI is InChI=1S/C25H20N2O2S/c1-17-7-9-18(10-8-17)16-29-22-12-11-19(14-23(22)28-2)13-20(15-26)25-27-21-5-3-4-6-24(21)30-25/h3-14H,16H2,1-2H3/b20-13-. The number of hydrogen-bond donors (Lipinski definition) is 0. The molecular formula is C25H20N2O2S. The van der Waals surface area contributed by atoms with Gasteiger partial charge in [-0.25, -0.2) is 4.98 Å². The maximum absolute atomic E-state index is 9.67. The Kier molecular flexibility index (Phi) is 5.78. The predicted octanol–water partition coefficient (Wildman–Crippen LogP) is 6.26. The fraction of sp³-hybridized carbons (Fsp3) is 0.120. The largest absolute Gasteiger partial charge is 0.493 e. The average Bonchev–Trinajstić information content (AvgIpc) is 3.21. The lowest BCUT2D eigenvalue weighted by molar-refractivity contribution is 0.284. The van der Waals surface area contributed by atoms with Crippen LogP contribution in [0.4, 0.5) is 0 Å². The van der Waals surface area contributed by atoms with Crippen molar-refractivity contribution in [2.24, 2.45) is 0 Å². The van der Waals surface area contributed by atoms with Crippen LogP contribution in [0, 0.1) is 18.3 Å². The third kappa shape index (κ3) is 4.35. The Labute approximate surface area is 179 Å². The first-order chi connectivity index (χ1) is 14.7. The van der Waals surface area contributed by atoms with Gasteiger partial charge in [0.1, 0.15) is 17.7 Å². The molecule has 4 aromatic rings. The highest BCUT2D eigenvalue weighted by Gasteiger charge is 2.10. The summed E-state index contributed by atoms with van der Waals surface area (Å²) in [4.78, 5) is 4.58. The van der Waals surface area contributed by atoms with Crippen molar-refractivity contribution < 1.29 is 9.47 Å². The molecule has 5 heteroatoms. The Morgan fingerprint density at radius 2 is 1.87 bits per heavy atom. The highest BCUT2D eigenvalue weighted by molar-refractivity contribution is 7.19. The minimum Gasteiger partial charge on any atom is -0.493 e. The van der Waals surface area contributed by atoms with Gasteiger partial charge >= 0.3 is 0 Å². The van der Waals surface area contributed by atoms with Crippen molar-refractivity contribution in [2.75, 3.05) is 7.11 Å². The summed E-state index contributed by atoms with van der Waals surface area (Å²) in [7, 11) is 1.61. The number of thiazole rings is 1. The lowest BCUT2D eigenvalue weighted by Gasteiger charge is -2.11. The summed E-state index contributed by atoms with van der Waals surface area (Å²) >= 11 is 1.51. The van der Waals surface area contributed by atoms with Crippen LogP contribution in [0.25, 0.3) is 21.9 Å². The number of para-hydroxylation sites is 1. The number of aryl methyl sites for hydroxylation is 1. The number of benzene rings is 3. The molecule has 148 valence electrons. The topological polar surface area (TPSA) is 55.1 Å². The van der Waals surface area contributed by atoms with E-state index in [2.05, 4.69) is 42.2 Å². The van der Waals surface area contributed by atoms with Gasteiger partial charge in [0.05, 0.1) is 22.9 Å². The summed E-state index contributed by atoms with van der Waals surface area (Å²) in [5.74, 6) is 1.28. The Morgan fingerprint density at radius 1 is 1.07 bits per heavy atom. The molecule has 0 atom stereocenters. The molecule has 1 heterocycles. The molecule has 0 unspecified atom stereocenters. The van der Waals surface area contributed by atoms with Crippen LogP contribution in [-0.4, -0.2) is 12.1 Å². The highest BCUT2D eigenvalue weighted by atomic mass is 32.1. The van der Waals surface area contributed by atoms with Gasteiger partial charge in [-0.3, -0.25) is 0 Å². The molecule has 0 saturated carbocycles. The zero-order valence-electron chi connectivity index (χ0n) is 16.8. The number of ether oxygens (including phenoxy) is 2. The Balaban J connectivity index is 1.57. The first-order valence-corrected chi connectivity index (χ1v) is 10.3. The Hall–Kier alpha value is -3.62. The first-order valence-electron chi connectivity index (χ1n) is 9.50. The molecule has 0 radical (unpaired) electrons. The minimum atomic E-state index is 0.459. The third-order valence-corrected chi connectivity index (χ3v) is 5.73. The molecule has 30 heavy (non-hydrogen) atoms. The molecule has 0 aliphatic rings. The number of allylic oxidation sites excluding steroid dienone is 1. The summed E-state index contributed by atoms with van der Waals surface area (Å²) in [6.07, 6.45) is 1.82. The summed E-state index contributed by atoms with van der Waals surface area (Å²) in [5, 5.41) is 10.4. The zero-order chi connectivity index (χ0) is 20.9. The lowest BCUT2D eigenvalue weighted by atomic mass is 10.1. The van der Waals surface area contributed by atoms with Crippen molar-refractivity contribution in [2.45, 2.75) is 13.5 Å². The fourth-order valence-corrected chi connectivity index (χ4v) is 3.97. The number of nitrogens with zero attached hydrogens (tertiary/aromatic N) is 2. The molecule has 4 rings (SSSR count). The monoisotopic (exact) mass is 412 g/mol. The Morgan fingerprint density at radius 3 is 2.60 bits per heavy atom. The van der Waals surface area contributed by atoms with E-state index in [-0.39, 0.29) is 0 Å². The molecule has 0 amide bonds. The number of hydrogen-bond acceptors (Lipinski definition) is 5. The van der Waals surface area contributed by atoms with Crippen molar-refractivity contribution in [1.82, 2.24) is 4.98 Å². The van der Waals surface area contributed by atoms with Crippen LogP contribution in [0.15, 0.2) is 66.7 Å². The van der Waals surface area contributed by atoms with Gasteiger partial charge < -0.3 is 9.47 Å². The maximum Gasteiger partial charge on any atom is 0.161 e. The molecule has 0 spiro atoms. The maximum atomic E-state index is 9.67. The van der Waals surface area contributed by atoms with Gasteiger partial charge in [0.15, 0.2) is 11.5 Å². The second-order valence-corrected chi connectivity index (χ2v) is 7.87. The van der Waals surface area contributed by atoms with Crippen LogP contribution in [0.2, 0.25) is 0 Å². The van der Waals surface area contributed by atoms with E-state index in [1.807, 2.05) is 48.5 Å². The van der Waals surface area contributed by atoms with E-state index in [0.29, 0.717) is 28.7 Å². The smallest absolute Gasteiger partial charge is 0.161 e. The van der Waals surface area contributed by atoms with E-state index >= 15 is 0 Å². The van der Waals surface area contributed by atoms with Crippen LogP contribution in [0.5, 0.6) is 11.5 Å². The van der Waals surface area contributed by atoms with Crippen LogP contribution in [0.1, 0.15) is 21.7 Å². The van der Waals surface area contributed by atoms with Crippen LogP contribution in [0.3, 0.4) is 0 Å². The molecule has 0 aliphatic heterocycles. The Bertz CT molecular complexity index is 1220. The fourth-order valence-electron chi connectivity index (χ4n) is 3.03. The third-order valence-electron chi connectivity index (χ3n) is 4.66. The molecule has 0 saturated heterocycles. The van der Waals surface area contributed by atoms with Gasteiger partial charge in [-0.1, -0.05) is 48.0 Å². The van der Waals surface area contributed by atoms with Crippen LogP contribution in [-0.2, 0) is 6.61 Å². The average molecular weight is 413 g/mol. The zero-order valence-corrected chi connectivity index (χ0v) is 17.6. The summed E-state index contributed by atoms with van der Waals surface area (Å²) in [6.45, 7) is 2.52. The van der Waals surface area contributed by atoms with Crippen molar-refractivity contribution in [3.8, 4) is 17.6 Å². The summed E-state index contributed by atoms with van der Waals surface area (Å²) in [5.41, 5.74) is 4.58. The number of methoxy groups -OCH3 is 1. The highest BCUT2D eigenvalue weighted by Crippen LogP contribution is 2.32. The molecular weight excluding hydrogens is 392 g/mol. The van der Waals surface area contributed by atoms with Crippen molar-refractivity contribution in [1.29, 1.82) is 5.26 Å². The van der Waals surface area contributed by atoms with Crippen LogP contribution >= 0.6 is 11.3 Å². The lowest BCUT2D eigenvalue weighted by Crippen LogP contribution is -1.98. The quantitative estimate of drug-likeness (QED) is 0.351. The van der Waals surface area contributed by atoms with E-state index < -0.39 is 0 Å². The van der Waals surface area contributed by atoms with Crippen molar-refractivity contribution in [3.63, 3.8) is 0 Å². The van der Waals surface area contributed by atoms with Gasteiger partial charge in [-0.05, 0) is 48.4 Å². The van der Waals surface area contributed by atoms with Gasteiger partial charge in [0.25, 0.3) is 0 Å². The molecule has 0 N–H and O–H groups in total. The molecule has 3 aromatic carbocycles.